The fourth-order valence-electron chi connectivity index (χ4n) is 7.14. The average molecular weight is 718 g/mol. The third kappa shape index (κ3) is 39.9. The minimum Gasteiger partial charge on any atom is -0.394 e. The zero-order valence-corrected chi connectivity index (χ0v) is 34.6. The van der Waals surface area contributed by atoms with E-state index in [1.807, 2.05) is 6.08 Å². The van der Waals surface area contributed by atoms with Gasteiger partial charge in [0.25, 0.3) is 0 Å². The summed E-state index contributed by atoms with van der Waals surface area (Å²) >= 11 is 0. The topological polar surface area (TPSA) is 69.6 Å². The van der Waals surface area contributed by atoms with Crippen molar-refractivity contribution in [1.29, 1.82) is 0 Å². The van der Waals surface area contributed by atoms with E-state index in [1.165, 1.54) is 199 Å². The quantitative estimate of drug-likeness (QED) is 0.0435. The van der Waals surface area contributed by atoms with Gasteiger partial charge in [0.1, 0.15) is 0 Å². The molecule has 2 unspecified atom stereocenters. The number of allylic oxidation sites excluding steroid dienone is 3. The van der Waals surface area contributed by atoms with Crippen molar-refractivity contribution < 1.29 is 15.0 Å². The molecule has 1 amide bonds. The number of aliphatic hydroxyl groups is 2. The van der Waals surface area contributed by atoms with E-state index in [0.29, 0.717) is 6.42 Å². The van der Waals surface area contributed by atoms with Gasteiger partial charge in [-0.15, -0.1) is 0 Å². The Balaban J connectivity index is 3.41. The molecule has 0 heterocycles. The Labute approximate surface area is 319 Å². The molecule has 0 aromatic rings. The fourth-order valence-corrected chi connectivity index (χ4v) is 7.14. The van der Waals surface area contributed by atoms with Gasteiger partial charge in [0, 0.05) is 6.42 Å². The number of rotatable bonds is 42. The summed E-state index contributed by atoms with van der Waals surface area (Å²) in [4.78, 5) is 12.3. The van der Waals surface area contributed by atoms with Crippen LogP contribution in [-0.2, 0) is 4.79 Å². The first-order valence-corrected chi connectivity index (χ1v) is 23.1. The van der Waals surface area contributed by atoms with E-state index >= 15 is 0 Å². The monoisotopic (exact) mass is 718 g/mol. The molecule has 4 heteroatoms. The van der Waals surface area contributed by atoms with E-state index in [2.05, 4.69) is 31.3 Å². The van der Waals surface area contributed by atoms with Gasteiger partial charge in [-0.1, -0.05) is 237 Å². The molecule has 0 fully saturated rings. The van der Waals surface area contributed by atoms with E-state index in [0.717, 1.165) is 32.1 Å². The number of hydrogen-bond donors (Lipinski definition) is 3. The van der Waals surface area contributed by atoms with Crippen LogP contribution in [0.1, 0.15) is 251 Å². The lowest BCUT2D eigenvalue weighted by molar-refractivity contribution is -0.123. The molecular weight excluding hydrogens is 627 g/mol. The van der Waals surface area contributed by atoms with Crippen molar-refractivity contribution in [2.75, 3.05) is 6.61 Å². The highest BCUT2D eigenvalue weighted by Gasteiger charge is 2.17. The smallest absolute Gasteiger partial charge is 0.220 e. The Kier molecular flexibility index (Phi) is 42.3. The molecule has 302 valence electrons. The van der Waals surface area contributed by atoms with Gasteiger partial charge >= 0.3 is 0 Å². The summed E-state index contributed by atoms with van der Waals surface area (Å²) in [6.07, 6.45) is 56.0. The van der Waals surface area contributed by atoms with Crippen LogP contribution in [0, 0.1) is 0 Å². The highest BCUT2D eigenvalue weighted by atomic mass is 16.3. The zero-order chi connectivity index (χ0) is 37.1. The molecule has 0 aliphatic heterocycles. The Bertz CT molecular complexity index is 735. The zero-order valence-electron chi connectivity index (χ0n) is 34.6. The number of carbonyl (C=O) groups is 1. The van der Waals surface area contributed by atoms with Crippen LogP contribution in [-0.4, -0.2) is 34.9 Å². The van der Waals surface area contributed by atoms with Crippen molar-refractivity contribution in [1.82, 2.24) is 5.32 Å². The van der Waals surface area contributed by atoms with Crippen molar-refractivity contribution in [3.8, 4) is 0 Å². The maximum atomic E-state index is 12.3. The first-order chi connectivity index (χ1) is 25.2. The Morgan fingerprint density at radius 2 is 0.765 bits per heavy atom. The lowest BCUT2D eigenvalue weighted by atomic mass is 10.0. The predicted molar refractivity (Wildman–Crippen MR) is 225 cm³/mol. The normalized spacial score (nSPS) is 13.1. The standard InChI is InChI=1S/C47H91NO3/c1-3-5-7-9-11-13-15-16-17-18-19-20-21-22-23-24-25-26-27-28-29-30-31-32-33-35-37-39-41-43-47(51)48-45(44-49)46(50)42-40-38-36-34-14-12-10-8-6-4-2/h14,34,40,42,45-46,49-50H,3-13,15-33,35-39,41,43-44H2,1-2H3,(H,48,51)/b34-14+,42-40+. The second-order valence-corrected chi connectivity index (χ2v) is 15.8. The highest BCUT2D eigenvalue weighted by Crippen LogP contribution is 2.17. The Hall–Kier alpha value is -1.13. The van der Waals surface area contributed by atoms with Crippen LogP contribution in [0.3, 0.4) is 0 Å². The van der Waals surface area contributed by atoms with Gasteiger partial charge < -0.3 is 15.5 Å². The molecule has 0 rings (SSSR count). The molecule has 0 bridgehead atoms. The molecule has 0 spiro atoms. The van der Waals surface area contributed by atoms with Crippen molar-refractivity contribution in [2.24, 2.45) is 0 Å². The average Bonchev–Trinajstić information content (AvgIpc) is 3.13. The number of unbranched alkanes of at least 4 members (excludes halogenated alkanes) is 33. The van der Waals surface area contributed by atoms with Crippen molar-refractivity contribution in [2.45, 2.75) is 264 Å². The molecule has 0 radical (unpaired) electrons. The number of amides is 1. The fraction of sp³-hybridized carbons (Fsp3) is 0.894. The predicted octanol–water partition coefficient (Wildman–Crippen LogP) is 14.4. The van der Waals surface area contributed by atoms with Gasteiger partial charge in [0.05, 0.1) is 18.8 Å². The first-order valence-electron chi connectivity index (χ1n) is 23.1. The summed E-state index contributed by atoms with van der Waals surface area (Å²) in [5, 5.41) is 22.9. The molecular formula is C47H91NO3. The molecule has 0 saturated heterocycles. The lowest BCUT2D eigenvalue weighted by Gasteiger charge is -2.19. The Morgan fingerprint density at radius 3 is 1.14 bits per heavy atom. The van der Waals surface area contributed by atoms with Gasteiger partial charge in [-0.05, 0) is 32.1 Å². The molecule has 51 heavy (non-hydrogen) atoms. The molecule has 0 aromatic carbocycles. The van der Waals surface area contributed by atoms with E-state index in [1.54, 1.807) is 6.08 Å². The van der Waals surface area contributed by atoms with Gasteiger partial charge in [0.15, 0.2) is 0 Å². The van der Waals surface area contributed by atoms with Crippen LogP contribution in [0.4, 0.5) is 0 Å². The van der Waals surface area contributed by atoms with E-state index < -0.39 is 12.1 Å². The Morgan fingerprint density at radius 1 is 0.451 bits per heavy atom. The largest absolute Gasteiger partial charge is 0.394 e. The number of nitrogens with one attached hydrogen (secondary N) is 1. The van der Waals surface area contributed by atoms with Gasteiger partial charge in [0.2, 0.25) is 5.91 Å². The number of aliphatic hydroxyl groups excluding tert-OH is 2. The highest BCUT2D eigenvalue weighted by molar-refractivity contribution is 5.76. The summed E-state index contributed by atoms with van der Waals surface area (Å²) in [6.45, 7) is 4.28. The summed E-state index contributed by atoms with van der Waals surface area (Å²) in [5.41, 5.74) is 0. The summed E-state index contributed by atoms with van der Waals surface area (Å²) in [7, 11) is 0. The maximum Gasteiger partial charge on any atom is 0.220 e. The second kappa shape index (κ2) is 43.3. The minimum absolute atomic E-state index is 0.0717. The van der Waals surface area contributed by atoms with Crippen LogP contribution in [0.5, 0.6) is 0 Å². The lowest BCUT2D eigenvalue weighted by Crippen LogP contribution is -2.45. The molecule has 2 atom stereocenters. The second-order valence-electron chi connectivity index (χ2n) is 15.8. The van der Waals surface area contributed by atoms with Crippen LogP contribution >= 0.6 is 0 Å². The van der Waals surface area contributed by atoms with Gasteiger partial charge in [-0.25, -0.2) is 0 Å². The van der Waals surface area contributed by atoms with E-state index in [9.17, 15) is 15.0 Å². The van der Waals surface area contributed by atoms with Crippen LogP contribution in [0.25, 0.3) is 0 Å². The number of carbonyl (C=O) groups excluding carboxylic acids is 1. The van der Waals surface area contributed by atoms with Crippen LogP contribution in [0.2, 0.25) is 0 Å². The van der Waals surface area contributed by atoms with Crippen molar-refractivity contribution >= 4 is 5.91 Å². The first kappa shape index (κ1) is 49.9. The molecule has 4 nitrogen and oxygen atoms in total. The van der Waals surface area contributed by atoms with E-state index in [-0.39, 0.29) is 12.5 Å². The molecule has 0 aliphatic carbocycles. The van der Waals surface area contributed by atoms with Gasteiger partial charge in [-0.3, -0.25) is 4.79 Å². The molecule has 0 saturated carbocycles. The van der Waals surface area contributed by atoms with Crippen molar-refractivity contribution in [3.05, 3.63) is 24.3 Å². The molecule has 3 N–H and O–H groups in total. The minimum atomic E-state index is -0.856. The van der Waals surface area contributed by atoms with Crippen molar-refractivity contribution in [3.63, 3.8) is 0 Å². The third-order valence-electron chi connectivity index (χ3n) is 10.7. The molecule has 0 aromatic heterocycles. The van der Waals surface area contributed by atoms with E-state index in [4.69, 9.17) is 0 Å². The SMILES string of the molecule is CCCCCC/C=C/CC/C=C/C(O)C(CO)NC(=O)CCCCCCCCCCCCCCCCCCCCCCCCCCCCCCC. The van der Waals surface area contributed by atoms with Gasteiger partial charge in [-0.2, -0.15) is 0 Å². The van der Waals surface area contributed by atoms with Crippen LogP contribution < -0.4 is 5.32 Å². The van der Waals surface area contributed by atoms with Crippen LogP contribution in [0.15, 0.2) is 24.3 Å². The molecule has 0 aliphatic rings. The summed E-state index contributed by atoms with van der Waals surface area (Å²) < 4.78 is 0. The maximum absolute atomic E-state index is 12.3. The third-order valence-corrected chi connectivity index (χ3v) is 10.7. The summed E-state index contributed by atoms with van der Waals surface area (Å²) in [5.74, 6) is -0.0717. The summed E-state index contributed by atoms with van der Waals surface area (Å²) in [6, 6.07) is -0.633. The number of hydrogen-bond acceptors (Lipinski definition) is 3.